The zero-order chi connectivity index (χ0) is 11.8. The first kappa shape index (κ1) is 10.0. The van der Waals surface area contributed by atoms with Crippen molar-refractivity contribution >= 4 is 5.69 Å². The fraction of sp³-hybridized carbons (Fsp3) is 0.250. The molecule has 0 atom stereocenters. The summed E-state index contributed by atoms with van der Waals surface area (Å²) in [6, 6.07) is 5.73. The van der Waals surface area contributed by atoms with Gasteiger partial charge in [0.1, 0.15) is 18.9 Å². The maximum Gasteiger partial charge on any atom is 0.162 e. The molecule has 0 unspecified atom stereocenters. The van der Waals surface area contributed by atoms with Crippen LogP contribution in [0.15, 0.2) is 24.4 Å². The zero-order valence-corrected chi connectivity index (χ0v) is 9.51. The van der Waals surface area contributed by atoms with Crippen molar-refractivity contribution in [3.05, 3.63) is 24.4 Å². The van der Waals surface area contributed by atoms with Crippen LogP contribution in [0.2, 0.25) is 0 Å². The smallest absolute Gasteiger partial charge is 0.162 e. The number of aryl methyl sites for hydroxylation is 1. The summed E-state index contributed by atoms with van der Waals surface area (Å²) in [5, 5.41) is 4.32. The molecular weight excluding hydrogens is 218 g/mol. The van der Waals surface area contributed by atoms with Gasteiger partial charge in [0.25, 0.3) is 0 Å². The fourth-order valence-corrected chi connectivity index (χ4v) is 1.92. The molecule has 0 aliphatic carbocycles. The molecule has 1 aliphatic heterocycles. The summed E-state index contributed by atoms with van der Waals surface area (Å²) >= 11 is 0. The normalized spacial score (nSPS) is 13.7. The monoisotopic (exact) mass is 231 g/mol. The molecule has 2 heterocycles. The quantitative estimate of drug-likeness (QED) is 0.806. The molecule has 3 rings (SSSR count). The van der Waals surface area contributed by atoms with Crippen molar-refractivity contribution in [3.8, 4) is 22.8 Å². The van der Waals surface area contributed by atoms with Crippen LogP contribution in [0.25, 0.3) is 11.3 Å². The highest BCUT2D eigenvalue weighted by Crippen LogP contribution is 2.35. The van der Waals surface area contributed by atoms with Gasteiger partial charge in [-0.05, 0) is 18.2 Å². The molecule has 0 bridgehead atoms. The Hall–Kier alpha value is -2.17. The van der Waals surface area contributed by atoms with Crippen molar-refractivity contribution in [3.63, 3.8) is 0 Å². The zero-order valence-electron chi connectivity index (χ0n) is 9.51. The van der Waals surface area contributed by atoms with E-state index in [0.717, 1.165) is 22.8 Å². The number of benzene rings is 1. The van der Waals surface area contributed by atoms with Gasteiger partial charge in [-0.3, -0.25) is 4.68 Å². The van der Waals surface area contributed by atoms with Crippen molar-refractivity contribution in [1.29, 1.82) is 0 Å². The van der Waals surface area contributed by atoms with E-state index in [1.807, 2.05) is 25.2 Å². The van der Waals surface area contributed by atoms with Crippen LogP contribution in [0.5, 0.6) is 11.5 Å². The summed E-state index contributed by atoms with van der Waals surface area (Å²) in [6.45, 7) is 1.17. The molecule has 0 saturated carbocycles. The number of nitrogens with zero attached hydrogens (tertiary/aromatic N) is 2. The first-order valence-corrected chi connectivity index (χ1v) is 5.43. The van der Waals surface area contributed by atoms with Crippen LogP contribution in [0.3, 0.4) is 0 Å². The topological polar surface area (TPSA) is 62.3 Å². The molecular formula is C12H13N3O2. The molecule has 88 valence electrons. The predicted octanol–water partition coefficient (Wildman–Crippen LogP) is 1.44. The van der Waals surface area contributed by atoms with Gasteiger partial charge in [-0.25, -0.2) is 0 Å². The number of rotatable bonds is 1. The Bertz CT molecular complexity index is 563. The molecule has 0 radical (unpaired) electrons. The van der Waals surface area contributed by atoms with Crippen molar-refractivity contribution in [2.75, 3.05) is 18.9 Å². The largest absolute Gasteiger partial charge is 0.486 e. The molecule has 5 heteroatoms. The molecule has 0 amide bonds. The molecule has 0 saturated heterocycles. The van der Waals surface area contributed by atoms with E-state index in [0.29, 0.717) is 18.9 Å². The van der Waals surface area contributed by atoms with Crippen molar-refractivity contribution in [2.24, 2.45) is 7.05 Å². The highest BCUT2D eigenvalue weighted by Gasteiger charge is 2.14. The minimum absolute atomic E-state index is 0.578. The third-order valence-corrected chi connectivity index (χ3v) is 2.67. The number of nitrogen functional groups attached to an aromatic ring is 1. The Kier molecular flexibility index (Phi) is 2.18. The van der Waals surface area contributed by atoms with Crippen LogP contribution in [0.1, 0.15) is 0 Å². The van der Waals surface area contributed by atoms with Crippen molar-refractivity contribution in [1.82, 2.24) is 9.78 Å². The average Bonchev–Trinajstić information content (AvgIpc) is 2.68. The van der Waals surface area contributed by atoms with E-state index in [2.05, 4.69) is 5.10 Å². The minimum atomic E-state index is 0.578. The van der Waals surface area contributed by atoms with Gasteiger partial charge in [0.15, 0.2) is 11.5 Å². The van der Waals surface area contributed by atoms with Crippen LogP contribution in [0.4, 0.5) is 5.69 Å². The Morgan fingerprint density at radius 1 is 1.24 bits per heavy atom. The molecule has 2 aromatic rings. The van der Waals surface area contributed by atoms with Gasteiger partial charge in [0.2, 0.25) is 0 Å². The summed E-state index contributed by atoms with van der Waals surface area (Å²) in [4.78, 5) is 0. The summed E-state index contributed by atoms with van der Waals surface area (Å²) < 4.78 is 12.7. The molecule has 2 N–H and O–H groups in total. The SMILES string of the molecule is Cn1cc(N)c(-c2ccc3c(c2)OCCO3)n1. The maximum atomic E-state index is 5.89. The van der Waals surface area contributed by atoms with Crippen molar-refractivity contribution < 1.29 is 9.47 Å². The van der Waals surface area contributed by atoms with Gasteiger partial charge in [-0.2, -0.15) is 5.10 Å². The molecule has 17 heavy (non-hydrogen) atoms. The first-order chi connectivity index (χ1) is 8.24. The second-order valence-electron chi connectivity index (χ2n) is 3.97. The predicted molar refractivity (Wildman–Crippen MR) is 64.0 cm³/mol. The molecule has 0 fully saturated rings. The Morgan fingerprint density at radius 3 is 2.71 bits per heavy atom. The van der Waals surface area contributed by atoms with E-state index in [4.69, 9.17) is 15.2 Å². The fourth-order valence-electron chi connectivity index (χ4n) is 1.92. The third kappa shape index (κ3) is 1.69. The van der Waals surface area contributed by atoms with E-state index >= 15 is 0 Å². The number of ether oxygens (including phenoxy) is 2. The number of fused-ring (bicyclic) bond motifs is 1. The highest BCUT2D eigenvalue weighted by molar-refractivity contribution is 5.74. The van der Waals surface area contributed by atoms with E-state index in [9.17, 15) is 0 Å². The van der Waals surface area contributed by atoms with Gasteiger partial charge < -0.3 is 15.2 Å². The molecule has 5 nitrogen and oxygen atoms in total. The summed E-state index contributed by atoms with van der Waals surface area (Å²) in [7, 11) is 1.85. The standard InChI is InChI=1S/C12H13N3O2/c1-15-7-9(13)12(14-15)8-2-3-10-11(6-8)17-5-4-16-10/h2-3,6-7H,4-5,13H2,1H3. The summed E-state index contributed by atoms with van der Waals surface area (Å²) in [6.07, 6.45) is 1.78. The number of anilines is 1. The molecule has 1 aromatic carbocycles. The molecule has 1 aliphatic rings. The van der Waals surface area contributed by atoms with Crippen LogP contribution >= 0.6 is 0 Å². The maximum absolute atomic E-state index is 5.89. The van der Waals surface area contributed by atoms with E-state index in [1.54, 1.807) is 10.9 Å². The Labute approximate surface area is 98.8 Å². The van der Waals surface area contributed by atoms with E-state index in [-0.39, 0.29) is 0 Å². The minimum Gasteiger partial charge on any atom is -0.486 e. The lowest BCUT2D eigenvalue weighted by molar-refractivity contribution is 0.171. The third-order valence-electron chi connectivity index (χ3n) is 2.67. The average molecular weight is 231 g/mol. The number of nitrogens with two attached hydrogens (primary N) is 1. The lowest BCUT2D eigenvalue weighted by Gasteiger charge is -2.18. The van der Waals surface area contributed by atoms with Crippen LogP contribution in [0, 0.1) is 0 Å². The van der Waals surface area contributed by atoms with Crippen LogP contribution < -0.4 is 15.2 Å². The van der Waals surface area contributed by atoms with Gasteiger partial charge in [0, 0.05) is 18.8 Å². The van der Waals surface area contributed by atoms with E-state index in [1.165, 1.54) is 0 Å². The van der Waals surface area contributed by atoms with E-state index < -0.39 is 0 Å². The number of aromatic nitrogens is 2. The Morgan fingerprint density at radius 2 is 2.00 bits per heavy atom. The Balaban J connectivity index is 2.06. The second kappa shape index (κ2) is 3.69. The summed E-state index contributed by atoms with van der Waals surface area (Å²) in [5.74, 6) is 1.52. The molecule has 0 spiro atoms. The second-order valence-corrected chi connectivity index (χ2v) is 3.97. The lowest BCUT2D eigenvalue weighted by Crippen LogP contribution is -2.15. The van der Waals surface area contributed by atoms with Gasteiger partial charge in [-0.15, -0.1) is 0 Å². The van der Waals surface area contributed by atoms with Crippen LogP contribution in [-0.2, 0) is 7.05 Å². The van der Waals surface area contributed by atoms with Gasteiger partial charge >= 0.3 is 0 Å². The van der Waals surface area contributed by atoms with Gasteiger partial charge in [0.05, 0.1) is 5.69 Å². The summed E-state index contributed by atoms with van der Waals surface area (Å²) in [5.41, 5.74) is 8.26. The number of hydrogen-bond donors (Lipinski definition) is 1. The highest BCUT2D eigenvalue weighted by atomic mass is 16.6. The molecule has 1 aromatic heterocycles. The van der Waals surface area contributed by atoms with Crippen LogP contribution in [-0.4, -0.2) is 23.0 Å². The van der Waals surface area contributed by atoms with Crippen molar-refractivity contribution in [2.45, 2.75) is 0 Å². The van der Waals surface area contributed by atoms with Gasteiger partial charge in [-0.1, -0.05) is 0 Å². The first-order valence-electron chi connectivity index (χ1n) is 5.43. The lowest BCUT2D eigenvalue weighted by atomic mass is 10.1. The number of hydrogen-bond acceptors (Lipinski definition) is 4.